The molecule has 1 aromatic carbocycles. The Hall–Kier alpha value is -1.55. The van der Waals surface area contributed by atoms with Gasteiger partial charge in [0.15, 0.2) is 0 Å². The number of aromatic nitrogens is 2. The molecule has 2 atom stereocenters. The van der Waals surface area contributed by atoms with E-state index in [0.29, 0.717) is 6.04 Å². The van der Waals surface area contributed by atoms with E-state index in [9.17, 15) is 0 Å². The van der Waals surface area contributed by atoms with E-state index < -0.39 is 0 Å². The number of rotatable bonds is 2. The van der Waals surface area contributed by atoms with Gasteiger partial charge in [0.2, 0.25) is 0 Å². The third-order valence-corrected chi connectivity index (χ3v) is 4.65. The average Bonchev–Trinajstić information content (AvgIpc) is 3.06. The Kier molecular flexibility index (Phi) is 2.69. The third kappa shape index (κ3) is 2.00. The second kappa shape index (κ2) is 4.53. The predicted molar refractivity (Wildman–Crippen MR) is 77.3 cm³/mol. The highest BCUT2D eigenvalue weighted by Gasteiger charge is 2.35. The first-order chi connectivity index (χ1) is 9.40. The molecule has 3 heterocycles. The minimum absolute atomic E-state index is 0.612. The number of piperidine rings is 1. The van der Waals surface area contributed by atoms with Gasteiger partial charge < -0.3 is 5.32 Å². The van der Waals surface area contributed by atoms with Crippen LogP contribution in [0.3, 0.4) is 0 Å². The van der Waals surface area contributed by atoms with Gasteiger partial charge in [0.25, 0.3) is 0 Å². The summed E-state index contributed by atoms with van der Waals surface area (Å²) in [5.74, 6) is 0. The maximum Gasteiger partial charge on any atom is 0.0670 e. The van der Waals surface area contributed by atoms with E-state index in [1.54, 1.807) is 0 Å². The third-order valence-electron chi connectivity index (χ3n) is 4.65. The molecule has 4 rings (SSSR count). The van der Waals surface area contributed by atoms with Gasteiger partial charge in [-0.2, -0.15) is 5.10 Å². The largest absolute Gasteiger partial charge is 0.381 e. The smallest absolute Gasteiger partial charge is 0.0670 e. The van der Waals surface area contributed by atoms with Crippen LogP contribution in [0.15, 0.2) is 24.4 Å². The molecule has 4 nitrogen and oxygen atoms in total. The number of benzene rings is 1. The SMILES string of the molecule is c1cc2cn[nH]c2cc1NC1CCN2CCCCC12. The van der Waals surface area contributed by atoms with Gasteiger partial charge in [-0.3, -0.25) is 10.00 Å². The number of aromatic amines is 1. The summed E-state index contributed by atoms with van der Waals surface area (Å²) in [6.45, 7) is 2.55. The lowest BCUT2D eigenvalue weighted by Gasteiger charge is -2.33. The van der Waals surface area contributed by atoms with Gasteiger partial charge in [-0.25, -0.2) is 0 Å². The number of anilines is 1. The standard InChI is InChI=1S/C15H20N4/c1-2-7-19-8-6-13(15(19)3-1)17-12-5-4-11-10-16-18-14(11)9-12/h4-5,9-10,13,15,17H,1-3,6-8H2,(H,16,18). The van der Waals surface area contributed by atoms with E-state index in [1.165, 1.54) is 49.8 Å². The summed E-state index contributed by atoms with van der Waals surface area (Å²) in [6, 6.07) is 7.83. The van der Waals surface area contributed by atoms with Crippen LogP contribution in [0.2, 0.25) is 0 Å². The monoisotopic (exact) mass is 256 g/mol. The Bertz CT molecular complexity index is 576. The Morgan fingerprint density at radius 1 is 1.21 bits per heavy atom. The van der Waals surface area contributed by atoms with Crippen molar-refractivity contribution < 1.29 is 0 Å². The molecule has 1 aromatic heterocycles. The molecule has 4 heteroatoms. The lowest BCUT2D eigenvalue weighted by molar-refractivity contribution is 0.193. The number of hydrogen-bond acceptors (Lipinski definition) is 3. The molecule has 2 aromatic rings. The number of nitrogens with one attached hydrogen (secondary N) is 2. The van der Waals surface area contributed by atoms with E-state index in [-0.39, 0.29) is 0 Å². The molecule has 0 bridgehead atoms. The fourth-order valence-electron chi connectivity index (χ4n) is 3.66. The summed E-state index contributed by atoms with van der Waals surface area (Å²) in [5.41, 5.74) is 2.33. The summed E-state index contributed by atoms with van der Waals surface area (Å²) in [5, 5.41) is 12.0. The predicted octanol–water partition coefficient (Wildman–Crippen LogP) is 2.60. The number of nitrogens with zero attached hydrogens (tertiary/aromatic N) is 2. The molecule has 0 radical (unpaired) electrons. The quantitative estimate of drug-likeness (QED) is 0.868. The highest BCUT2D eigenvalue weighted by molar-refractivity contribution is 5.81. The van der Waals surface area contributed by atoms with Crippen LogP contribution in [0.5, 0.6) is 0 Å². The first-order valence-corrected chi connectivity index (χ1v) is 7.34. The maximum absolute atomic E-state index is 4.08. The van der Waals surface area contributed by atoms with Crippen molar-refractivity contribution in [2.45, 2.75) is 37.8 Å². The fraction of sp³-hybridized carbons (Fsp3) is 0.533. The first kappa shape index (κ1) is 11.3. The van der Waals surface area contributed by atoms with Crippen molar-refractivity contribution in [3.63, 3.8) is 0 Å². The fourth-order valence-corrected chi connectivity index (χ4v) is 3.66. The molecule has 2 N–H and O–H groups in total. The minimum atomic E-state index is 0.612. The molecule has 2 aliphatic rings. The maximum atomic E-state index is 4.08. The van der Waals surface area contributed by atoms with Gasteiger partial charge in [-0.1, -0.05) is 6.42 Å². The number of H-pyrrole nitrogens is 1. The van der Waals surface area contributed by atoms with Gasteiger partial charge in [0, 0.05) is 29.7 Å². The van der Waals surface area contributed by atoms with Gasteiger partial charge >= 0.3 is 0 Å². The summed E-state index contributed by atoms with van der Waals surface area (Å²) >= 11 is 0. The molecular weight excluding hydrogens is 236 g/mol. The zero-order valence-corrected chi connectivity index (χ0v) is 11.1. The lowest BCUT2D eigenvalue weighted by Crippen LogP contribution is -2.41. The Labute approximate surface area is 113 Å². The van der Waals surface area contributed by atoms with Crippen molar-refractivity contribution in [1.82, 2.24) is 15.1 Å². The molecule has 2 fully saturated rings. The molecule has 2 saturated heterocycles. The zero-order chi connectivity index (χ0) is 12.7. The number of hydrogen-bond donors (Lipinski definition) is 2. The van der Waals surface area contributed by atoms with E-state index in [1.807, 2.05) is 6.20 Å². The second-order valence-corrected chi connectivity index (χ2v) is 5.81. The van der Waals surface area contributed by atoms with Crippen LogP contribution in [0.25, 0.3) is 10.9 Å². The lowest BCUT2D eigenvalue weighted by atomic mass is 9.99. The van der Waals surface area contributed by atoms with Crippen molar-refractivity contribution in [3.05, 3.63) is 24.4 Å². The molecule has 100 valence electrons. The van der Waals surface area contributed by atoms with Crippen LogP contribution >= 0.6 is 0 Å². The summed E-state index contributed by atoms with van der Waals surface area (Å²) < 4.78 is 0. The normalized spacial score (nSPS) is 27.6. The molecule has 0 spiro atoms. The van der Waals surface area contributed by atoms with Crippen LogP contribution in [0, 0.1) is 0 Å². The zero-order valence-electron chi connectivity index (χ0n) is 11.1. The van der Waals surface area contributed by atoms with Gasteiger partial charge in [-0.15, -0.1) is 0 Å². The number of fused-ring (bicyclic) bond motifs is 2. The Morgan fingerprint density at radius 3 is 3.21 bits per heavy atom. The molecule has 2 aliphatic heterocycles. The van der Waals surface area contributed by atoms with Crippen LogP contribution in [0.4, 0.5) is 5.69 Å². The molecule has 0 amide bonds. The van der Waals surface area contributed by atoms with Gasteiger partial charge in [0.1, 0.15) is 0 Å². The molecule has 0 aliphatic carbocycles. The molecule has 0 saturated carbocycles. The molecular formula is C15H20N4. The van der Waals surface area contributed by atoms with Gasteiger partial charge in [0.05, 0.1) is 11.7 Å². The van der Waals surface area contributed by atoms with Crippen LogP contribution in [-0.2, 0) is 0 Å². The summed E-state index contributed by atoms with van der Waals surface area (Å²) in [7, 11) is 0. The Morgan fingerprint density at radius 2 is 2.21 bits per heavy atom. The van der Waals surface area contributed by atoms with Gasteiger partial charge in [-0.05, 0) is 44.0 Å². The highest BCUT2D eigenvalue weighted by atomic mass is 15.2. The minimum Gasteiger partial charge on any atom is -0.381 e. The van der Waals surface area contributed by atoms with Crippen molar-refractivity contribution >= 4 is 16.6 Å². The molecule has 2 unspecified atom stereocenters. The van der Waals surface area contributed by atoms with E-state index in [2.05, 4.69) is 38.6 Å². The Balaban J connectivity index is 1.54. The van der Waals surface area contributed by atoms with Crippen LogP contribution < -0.4 is 5.32 Å². The highest BCUT2D eigenvalue weighted by Crippen LogP contribution is 2.29. The van der Waals surface area contributed by atoms with Crippen molar-refractivity contribution in [1.29, 1.82) is 0 Å². The van der Waals surface area contributed by atoms with E-state index in [4.69, 9.17) is 0 Å². The van der Waals surface area contributed by atoms with E-state index in [0.717, 1.165) is 11.6 Å². The topological polar surface area (TPSA) is 44.0 Å². The molecule has 19 heavy (non-hydrogen) atoms. The van der Waals surface area contributed by atoms with Crippen LogP contribution in [0.1, 0.15) is 25.7 Å². The van der Waals surface area contributed by atoms with Crippen molar-refractivity contribution in [2.75, 3.05) is 18.4 Å². The second-order valence-electron chi connectivity index (χ2n) is 5.81. The van der Waals surface area contributed by atoms with Crippen LogP contribution in [-0.4, -0.2) is 40.3 Å². The first-order valence-electron chi connectivity index (χ1n) is 7.34. The average molecular weight is 256 g/mol. The van der Waals surface area contributed by atoms with E-state index >= 15 is 0 Å². The van der Waals surface area contributed by atoms with Crippen molar-refractivity contribution in [2.24, 2.45) is 0 Å². The summed E-state index contributed by atoms with van der Waals surface area (Å²) in [6.07, 6.45) is 7.26. The summed E-state index contributed by atoms with van der Waals surface area (Å²) in [4.78, 5) is 2.66. The van der Waals surface area contributed by atoms with Crippen molar-refractivity contribution in [3.8, 4) is 0 Å².